The minimum Gasteiger partial charge on any atom is -0.423 e. The fourth-order valence-electron chi connectivity index (χ4n) is 3.38. The molecule has 0 spiro atoms. The summed E-state index contributed by atoms with van der Waals surface area (Å²) in [6.07, 6.45) is 1.09. The molecule has 0 radical (unpaired) electrons. The molecule has 0 atom stereocenters. The maximum Gasteiger partial charge on any atom is 0.336 e. The zero-order valence-electron chi connectivity index (χ0n) is 14.6. The van der Waals surface area contributed by atoms with Crippen LogP contribution in [-0.4, -0.2) is 36.1 Å². The highest BCUT2D eigenvalue weighted by Crippen LogP contribution is 2.24. The molecule has 3 heterocycles. The van der Waals surface area contributed by atoms with Gasteiger partial charge >= 0.3 is 5.63 Å². The number of aryl methyl sites for hydroxylation is 1. The first-order chi connectivity index (χ1) is 12.6. The standard InChI is InChI=1S/C19H20BrN3O2S/c1-13-12-26-19(21-13)23-6-2-5-22(7-8-23)11-14-9-18(24)25-17-10-15(20)3-4-16(14)17/h3-4,9-10,12H,2,5-8,11H2,1H3. The summed E-state index contributed by atoms with van der Waals surface area (Å²) in [5, 5.41) is 4.22. The number of halogens is 1. The molecule has 26 heavy (non-hydrogen) atoms. The van der Waals surface area contributed by atoms with E-state index in [9.17, 15) is 4.79 Å². The van der Waals surface area contributed by atoms with Crippen molar-refractivity contribution in [2.75, 3.05) is 31.1 Å². The number of nitrogens with zero attached hydrogens (tertiary/aromatic N) is 3. The molecule has 0 saturated carbocycles. The first kappa shape index (κ1) is 17.7. The molecule has 0 aliphatic carbocycles. The number of benzene rings is 1. The first-order valence-corrected chi connectivity index (χ1v) is 10.4. The van der Waals surface area contributed by atoms with Gasteiger partial charge in [0.05, 0.1) is 5.69 Å². The van der Waals surface area contributed by atoms with E-state index in [1.54, 1.807) is 17.4 Å². The second-order valence-electron chi connectivity index (χ2n) is 6.62. The molecule has 1 saturated heterocycles. The minimum absolute atomic E-state index is 0.291. The summed E-state index contributed by atoms with van der Waals surface area (Å²) in [6, 6.07) is 7.49. The van der Waals surface area contributed by atoms with Crippen LogP contribution in [0.25, 0.3) is 11.0 Å². The molecule has 0 amide bonds. The van der Waals surface area contributed by atoms with Crippen molar-refractivity contribution in [1.82, 2.24) is 9.88 Å². The number of hydrogen-bond acceptors (Lipinski definition) is 6. The first-order valence-electron chi connectivity index (χ1n) is 8.70. The Bertz CT molecular complexity index is 984. The fourth-order valence-corrected chi connectivity index (χ4v) is 4.58. The van der Waals surface area contributed by atoms with Gasteiger partial charge in [-0.2, -0.15) is 0 Å². The number of rotatable bonds is 3. The van der Waals surface area contributed by atoms with Crippen molar-refractivity contribution in [2.24, 2.45) is 0 Å². The van der Waals surface area contributed by atoms with Crippen LogP contribution >= 0.6 is 27.3 Å². The molecule has 0 unspecified atom stereocenters. The topological polar surface area (TPSA) is 49.6 Å². The van der Waals surface area contributed by atoms with Crippen LogP contribution in [0.15, 0.2) is 43.3 Å². The zero-order valence-corrected chi connectivity index (χ0v) is 17.0. The van der Waals surface area contributed by atoms with Crippen LogP contribution in [0.1, 0.15) is 17.7 Å². The normalized spacial score (nSPS) is 16.2. The van der Waals surface area contributed by atoms with Crippen LogP contribution < -0.4 is 10.5 Å². The maximum atomic E-state index is 11.9. The Labute approximate surface area is 164 Å². The Morgan fingerprint density at radius 2 is 2.12 bits per heavy atom. The highest BCUT2D eigenvalue weighted by atomic mass is 79.9. The number of thiazole rings is 1. The van der Waals surface area contributed by atoms with Crippen molar-refractivity contribution in [3.8, 4) is 0 Å². The van der Waals surface area contributed by atoms with Gasteiger partial charge < -0.3 is 9.32 Å². The predicted octanol–water partition coefficient (Wildman–Crippen LogP) is 4.03. The summed E-state index contributed by atoms with van der Waals surface area (Å²) >= 11 is 5.15. The van der Waals surface area contributed by atoms with E-state index in [0.717, 1.165) is 65.4 Å². The highest BCUT2D eigenvalue weighted by molar-refractivity contribution is 9.10. The SMILES string of the molecule is Cc1csc(N2CCCN(Cc3cc(=O)oc4cc(Br)ccc34)CC2)n1. The fraction of sp³-hybridized carbons (Fsp3) is 0.368. The van der Waals surface area contributed by atoms with Crippen LogP contribution in [0, 0.1) is 6.92 Å². The second-order valence-corrected chi connectivity index (χ2v) is 8.37. The van der Waals surface area contributed by atoms with Gasteiger partial charge in [0, 0.05) is 54.0 Å². The predicted molar refractivity (Wildman–Crippen MR) is 109 cm³/mol. The van der Waals surface area contributed by atoms with E-state index in [4.69, 9.17) is 4.42 Å². The average Bonchev–Trinajstić information content (AvgIpc) is 2.89. The molecule has 5 nitrogen and oxygen atoms in total. The average molecular weight is 434 g/mol. The Morgan fingerprint density at radius 3 is 2.92 bits per heavy atom. The van der Waals surface area contributed by atoms with Gasteiger partial charge in [-0.15, -0.1) is 11.3 Å². The molecule has 1 aliphatic rings. The molecule has 7 heteroatoms. The van der Waals surface area contributed by atoms with Crippen molar-refractivity contribution >= 4 is 43.4 Å². The molecule has 1 fully saturated rings. The smallest absolute Gasteiger partial charge is 0.336 e. The monoisotopic (exact) mass is 433 g/mol. The van der Waals surface area contributed by atoms with Crippen molar-refractivity contribution in [3.05, 3.63) is 55.8 Å². The maximum absolute atomic E-state index is 11.9. The molecule has 0 bridgehead atoms. The summed E-state index contributed by atoms with van der Waals surface area (Å²) in [7, 11) is 0. The van der Waals surface area contributed by atoms with E-state index < -0.39 is 0 Å². The quantitative estimate of drug-likeness (QED) is 0.583. The summed E-state index contributed by atoms with van der Waals surface area (Å²) in [5.74, 6) is 0. The summed E-state index contributed by atoms with van der Waals surface area (Å²) in [6.45, 7) is 6.74. The van der Waals surface area contributed by atoms with Crippen LogP contribution in [0.3, 0.4) is 0 Å². The third kappa shape index (κ3) is 3.84. The Kier molecular flexibility index (Phi) is 5.11. The van der Waals surface area contributed by atoms with Gasteiger partial charge in [-0.05, 0) is 37.1 Å². The van der Waals surface area contributed by atoms with Crippen molar-refractivity contribution in [3.63, 3.8) is 0 Å². The molecule has 1 aromatic carbocycles. The third-order valence-corrected chi connectivity index (χ3v) is 6.16. The van der Waals surface area contributed by atoms with Gasteiger partial charge in [0.1, 0.15) is 5.58 Å². The second kappa shape index (κ2) is 7.50. The molecule has 2 aromatic heterocycles. The van der Waals surface area contributed by atoms with Gasteiger partial charge in [-0.25, -0.2) is 9.78 Å². The number of aromatic nitrogens is 1. The lowest BCUT2D eigenvalue weighted by atomic mass is 10.1. The summed E-state index contributed by atoms with van der Waals surface area (Å²) < 4.78 is 6.27. The van der Waals surface area contributed by atoms with Crippen molar-refractivity contribution < 1.29 is 4.42 Å². The number of fused-ring (bicyclic) bond motifs is 1. The summed E-state index contributed by atoms with van der Waals surface area (Å²) in [5.41, 5.74) is 2.46. The van der Waals surface area contributed by atoms with Gasteiger partial charge in [0.25, 0.3) is 0 Å². The van der Waals surface area contributed by atoms with Crippen molar-refractivity contribution in [2.45, 2.75) is 19.9 Å². The molecular weight excluding hydrogens is 414 g/mol. The molecule has 136 valence electrons. The van der Waals surface area contributed by atoms with Crippen LogP contribution in [-0.2, 0) is 6.54 Å². The van der Waals surface area contributed by atoms with E-state index in [0.29, 0.717) is 5.58 Å². The van der Waals surface area contributed by atoms with E-state index in [1.807, 2.05) is 25.1 Å². The third-order valence-electron chi connectivity index (χ3n) is 4.65. The Balaban J connectivity index is 1.53. The van der Waals surface area contributed by atoms with Gasteiger partial charge in [0.15, 0.2) is 5.13 Å². The van der Waals surface area contributed by atoms with Crippen molar-refractivity contribution in [1.29, 1.82) is 0 Å². The molecule has 1 aliphatic heterocycles. The van der Waals surface area contributed by atoms with Gasteiger partial charge in [0.2, 0.25) is 0 Å². The van der Waals surface area contributed by atoms with E-state index in [-0.39, 0.29) is 5.63 Å². The lowest BCUT2D eigenvalue weighted by molar-refractivity contribution is 0.286. The van der Waals surface area contributed by atoms with Crippen LogP contribution in [0.2, 0.25) is 0 Å². The Morgan fingerprint density at radius 1 is 1.23 bits per heavy atom. The van der Waals surface area contributed by atoms with Gasteiger partial charge in [-0.3, -0.25) is 4.90 Å². The zero-order chi connectivity index (χ0) is 18.1. The van der Waals surface area contributed by atoms with E-state index >= 15 is 0 Å². The molecule has 3 aromatic rings. The van der Waals surface area contributed by atoms with E-state index in [2.05, 4.69) is 36.1 Å². The molecule has 4 rings (SSSR count). The molecule has 0 N–H and O–H groups in total. The minimum atomic E-state index is -0.291. The number of anilines is 1. The van der Waals surface area contributed by atoms with Gasteiger partial charge in [-0.1, -0.05) is 15.9 Å². The lowest BCUT2D eigenvalue weighted by Crippen LogP contribution is -2.30. The lowest BCUT2D eigenvalue weighted by Gasteiger charge is -2.22. The molecular formula is C19H20BrN3O2S. The van der Waals surface area contributed by atoms with Crippen LogP contribution in [0.4, 0.5) is 5.13 Å². The highest BCUT2D eigenvalue weighted by Gasteiger charge is 2.18. The Hall–Kier alpha value is -1.70. The largest absolute Gasteiger partial charge is 0.423 e. The number of hydrogen-bond donors (Lipinski definition) is 0. The van der Waals surface area contributed by atoms with E-state index in [1.165, 1.54) is 0 Å². The van der Waals surface area contributed by atoms with Crippen LogP contribution in [0.5, 0.6) is 0 Å². The summed E-state index contributed by atoms with van der Waals surface area (Å²) in [4.78, 5) is 21.3.